The van der Waals surface area contributed by atoms with Crippen molar-refractivity contribution in [2.45, 2.75) is 32.6 Å². The molecule has 0 spiro atoms. The zero-order chi connectivity index (χ0) is 9.56. The van der Waals surface area contributed by atoms with Crippen LogP contribution in [0.25, 0.3) is 0 Å². The highest BCUT2D eigenvalue weighted by Crippen LogP contribution is 2.15. The quantitative estimate of drug-likeness (QED) is 0.475. The molecular formula is C11H19N. The van der Waals surface area contributed by atoms with Crippen LogP contribution in [0, 0.1) is 0 Å². The van der Waals surface area contributed by atoms with E-state index in [1.807, 2.05) is 0 Å². The first kappa shape index (κ1) is 11.0. The zero-order valence-electron chi connectivity index (χ0n) is 8.03. The van der Waals surface area contributed by atoms with E-state index in [1.54, 1.807) is 0 Å². The maximum atomic E-state index is 5.47. The Morgan fingerprint density at radius 1 is 1.08 bits per heavy atom. The Hall–Kier alpha value is -0.980. The van der Waals surface area contributed by atoms with Crippen molar-refractivity contribution in [1.82, 2.24) is 0 Å². The molecule has 2 N–H and O–H groups in total. The van der Waals surface area contributed by atoms with E-state index < -0.39 is 0 Å². The van der Waals surface area contributed by atoms with Gasteiger partial charge in [0.05, 0.1) is 0 Å². The van der Waals surface area contributed by atoms with Gasteiger partial charge in [0.1, 0.15) is 0 Å². The summed E-state index contributed by atoms with van der Waals surface area (Å²) in [4.78, 5) is 0. The lowest BCUT2D eigenvalue weighted by atomic mass is 10.0. The molecule has 0 aliphatic rings. The maximum absolute atomic E-state index is 5.47. The number of hydrogen-bond donors (Lipinski definition) is 1. The van der Waals surface area contributed by atoms with E-state index in [1.165, 1.54) is 5.57 Å². The second kappa shape index (κ2) is 5.64. The van der Waals surface area contributed by atoms with E-state index >= 15 is 0 Å². The molecular weight excluding hydrogens is 146 g/mol. The highest BCUT2D eigenvalue weighted by atomic mass is 14.6. The zero-order valence-corrected chi connectivity index (χ0v) is 8.03. The van der Waals surface area contributed by atoms with Gasteiger partial charge >= 0.3 is 0 Å². The Kier molecular flexibility index (Phi) is 5.18. The molecule has 0 heterocycles. The average molecular weight is 165 g/mol. The molecule has 0 bridgehead atoms. The van der Waals surface area contributed by atoms with E-state index in [4.69, 9.17) is 5.73 Å². The van der Waals surface area contributed by atoms with Crippen molar-refractivity contribution >= 4 is 0 Å². The van der Waals surface area contributed by atoms with Crippen LogP contribution in [0.4, 0.5) is 0 Å². The van der Waals surface area contributed by atoms with Gasteiger partial charge in [0.25, 0.3) is 0 Å². The molecule has 0 saturated heterocycles. The van der Waals surface area contributed by atoms with Crippen LogP contribution in [0.1, 0.15) is 32.6 Å². The average Bonchev–Trinajstić information content (AvgIpc) is 2.00. The van der Waals surface area contributed by atoms with E-state index in [0.717, 1.165) is 31.3 Å². The van der Waals surface area contributed by atoms with Gasteiger partial charge in [-0.05, 0) is 24.8 Å². The maximum Gasteiger partial charge on any atom is 0.0267 e. The molecule has 0 aromatic rings. The molecule has 12 heavy (non-hydrogen) atoms. The Labute approximate surface area is 75.7 Å². The summed E-state index contributed by atoms with van der Waals surface area (Å²) in [7, 11) is 0. The van der Waals surface area contributed by atoms with Crippen LogP contribution in [-0.4, -0.2) is 0 Å². The summed E-state index contributed by atoms with van der Waals surface area (Å²) >= 11 is 0. The minimum atomic E-state index is 0.597. The highest BCUT2D eigenvalue weighted by molar-refractivity contribution is 5.22. The summed E-state index contributed by atoms with van der Waals surface area (Å²) in [5.41, 5.74) is 8.28. The minimum Gasteiger partial charge on any atom is -0.399 e. The van der Waals surface area contributed by atoms with Gasteiger partial charge in [-0.1, -0.05) is 38.7 Å². The molecule has 68 valence electrons. The third-order valence-corrected chi connectivity index (χ3v) is 1.84. The second-order valence-electron chi connectivity index (χ2n) is 3.13. The van der Waals surface area contributed by atoms with Crippen LogP contribution < -0.4 is 5.73 Å². The van der Waals surface area contributed by atoms with E-state index in [0.29, 0.717) is 5.70 Å². The topological polar surface area (TPSA) is 26.0 Å². The molecule has 0 fully saturated rings. The second-order valence-corrected chi connectivity index (χ2v) is 3.13. The fraction of sp³-hybridized carbons (Fsp3) is 0.455. The molecule has 0 unspecified atom stereocenters. The first-order chi connectivity index (χ1) is 5.57. The van der Waals surface area contributed by atoms with E-state index in [2.05, 4.69) is 26.7 Å². The molecule has 0 aliphatic carbocycles. The van der Waals surface area contributed by atoms with Crippen molar-refractivity contribution in [3.8, 4) is 0 Å². The van der Waals surface area contributed by atoms with Gasteiger partial charge in [0.2, 0.25) is 0 Å². The lowest BCUT2D eigenvalue weighted by Gasteiger charge is -2.06. The van der Waals surface area contributed by atoms with Gasteiger partial charge in [0.15, 0.2) is 0 Å². The smallest absolute Gasteiger partial charge is 0.0267 e. The standard InChI is InChI=1S/C11H19N/c1-5-6-9(2)7-8-10(3)11(4)12/h2-8,12H2,1H3. The highest BCUT2D eigenvalue weighted by Gasteiger charge is 1.97. The predicted molar refractivity (Wildman–Crippen MR) is 55.7 cm³/mol. The molecule has 0 radical (unpaired) electrons. The SMILES string of the molecule is C=C(CCC)CCC(=C)C(=C)N. The molecule has 0 aromatic carbocycles. The number of allylic oxidation sites excluding steroid dienone is 2. The summed E-state index contributed by atoms with van der Waals surface area (Å²) in [6.07, 6.45) is 4.15. The fourth-order valence-electron chi connectivity index (χ4n) is 0.967. The largest absolute Gasteiger partial charge is 0.399 e. The summed E-state index contributed by atoms with van der Waals surface area (Å²) in [6.45, 7) is 13.6. The van der Waals surface area contributed by atoms with Gasteiger partial charge in [-0.15, -0.1) is 0 Å². The minimum absolute atomic E-state index is 0.597. The molecule has 0 aromatic heterocycles. The monoisotopic (exact) mass is 165 g/mol. The van der Waals surface area contributed by atoms with Crippen molar-refractivity contribution in [3.63, 3.8) is 0 Å². The molecule has 0 aliphatic heterocycles. The van der Waals surface area contributed by atoms with Crippen molar-refractivity contribution < 1.29 is 0 Å². The van der Waals surface area contributed by atoms with Crippen molar-refractivity contribution in [2.24, 2.45) is 5.73 Å². The summed E-state index contributed by atoms with van der Waals surface area (Å²) < 4.78 is 0. The Bertz CT molecular complexity index is 189. The summed E-state index contributed by atoms with van der Waals surface area (Å²) in [5.74, 6) is 0. The van der Waals surface area contributed by atoms with Crippen LogP contribution >= 0.6 is 0 Å². The van der Waals surface area contributed by atoms with Crippen LogP contribution in [0.15, 0.2) is 36.6 Å². The van der Waals surface area contributed by atoms with Gasteiger partial charge in [-0.3, -0.25) is 0 Å². The Morgan fingerprint density at radius 3 is 2.08 bits per heavy atom. The van der Waals surface area contributed by atoms with Crippen LogP contribution in [0.2, 0.25) is 0 Å². The Balaban J connectivity index is 3.61. The van der Waals surface area contributed by atoms with E-state index in [9.17, 15) is 0 Å². The number of nitrogens with two attached hydrogens (primary N) is 1. The third kappa shape index (κ3) is 4.78. The molecule has 0 rings (SSSR count). The molecule has 0 saturated carbocycles. The van der Waals surface area contributed by atoms with Gasteiger partial charge in [-0.2, -0.15) is 0 Å². The summed E-state index contributed by atoms with van der Waals surface area (Å²) in [5, 5.41) is 0. The van der Waals surface area contributed by atoms with Crippen LogP contribution in [0.5, 0.6) is 0 Å². The molecule has 0 atom stereocenters. The van der Waals surface area contributed by atoms with Gasteiger partial charge in [-0.25, -0.2) is 0 Å². The number of rotatable bonds is 6. The lowest BCUT2D eigenvalue weighted by Crippen LogP contribution is -1.98. The summed E-state index contributed by atoms with van der Waals surface area (Å²) in [6, 6.07) is 0. The fourth-order valence-corrected chi connectivity index (χ4v) is 0.967. The first-order valence-electron chi connectivity index (χ1n) is 4.37. The molecule has 1 heteroatoms. The van der Waals surface area contributed by atoms with Crippen molar-refractivity contribution in [2.75, 3.05) is 0 Å². The molecule has 0 amide bonds. The van der Waals surface area contributed by atoms with Crippen LogP contribution in [-0.2, 0) is 0 Å². The van der Waals surface area contributed by atoms with Crippen LogP contribution in [0.3, 0.4) is 0 Å². The van der Waals surface area contributed by atoms with E-state index in [-0.39, 0.29) is 0 Å². The van der Waals surface area contributed by atoms with Crippen molar-refractivity contribution in [3.05, 3.63) is 36.6 Å². The lowest BCUT2D eigenvalue weighted by molar-refractivity contribution is 0.820. The predicted octanol–water partition coefficient (Wildman–Crippen LogP) is 3.15. The van der Waals surface area contributed by atoms with Gasteiger partial charge < -0.3 is 5.73 Å². The van der Waals surface area contributed by atoms with Crippen molar-refractivity contribution in [1.29, 1.82) is 0 Å². The first-order valence-corrected chi connectivity index (χ1v) is 4.37. The third-order valence-electron chi connectivity index (χ3n) is 1.84. The van der Waals surface area contributed by atoms with Gasteiger partial charge in [0, 0.05) is 5.70 Å². The number of hydrogen-bond acceptors (Lipinski definition) is 1. The molecule has 1 nitrogen and oxygen atoms in total. The Morgan fingerprint density at radius 2 is 1.67 bits per heavy atom. The normalized spacial score (nSPS) is 9.42.